The van der Waals surface area contributed by atoms with Crippen LogP contribution < -0.4 is 9.50 Å². The summed E-state index contributed by atoms with van der Waals surface area (Å²) in [5.41, 5.74) is -0.00532. The summed E-state index contributed by atoms with van der Waals surface area (Å²) in [6.45, 7) is 4.11. The molecule has 1 aromatic carbocycles. The minimum atomic E-state index is -3.81. The highest BCUT2D eigenvalue weighted by molar-refractivity contribution is 7.86. The van der Waals surface area contributed by atoms with Gasteiger partial charge in [-0.25, -0.2) is 0 Å². The van der Waals surface area contributed by atoms with Crippen LogP contribution in [0.15, 0.2) is 6.07 Å². The third kappa shape index (κ3) is 3.67. The number of nitrogens with one attached hydrogen (secondary N) is 1. The van der Waals surface area contributed by atoms with Crippen molar-refractivity contribution in [2.24, 2.45) is 0 Å². The molecule has 1 N–H and O–H groups in total. The van der Waals surface area contributed by atoms with Crippen LogP contribution in [-0.2, 0) is 14.9 Å². The Balaban J connectivity index is 3.56. The Morgan fingerprint density at radius 2 is 1.95 bits per heavy atom. The fourth-order valence-electron chi connectivity index (χ4n) is 1.76. The van der Waals surface area contributed by atoms with Crippen LogP contribution in [0.4, 0.5) is 11.4 Å². The van der Waals surface area contributed by atoms with Gasteiger partial charge in [-0.2, -0.15) is 8.42 Å². The molecule has 20 heavy (non-hydrogen) atoms. The summed E-state index contributed by atoms with van der Waals surface area (Å²) < 4.78 is 27.1. The molecule has 0 bridgehead atoms. The maximum Gasteiger partial charge on any atom is 0.306 e. The normalized spacial score (nSPS) is 11.0. The topological polar surface area (TPSA) is 116 Å². The van der Waals surface area contributed by atoms with E-state index in [-0.39, 0.29) is 17.0 Å². The first kappa shape index (κ1) is 15.9. The number of benzene rings is 1. The van der Waals surface area contributed by atoms with E-state index < -0.39 is 26.6 Å². The maximum atomic E-state index is 11.2. The first-order chi connectivity index (χ1) is 9.03. The Morgan fingerprint density at radius 1 is 1.40 bits per heavy atom. The molecule has 0 aliphatic carbocycles. The molecule has 0 saturated carbocycles. The summed E-state index contributed by atoms with van der Waals surface area (Å²) in [5.74, 6) is -0.572. The van der Waals surface area contributed by atoms with Crippen LogP contribution in [0.2, 0.25) is 0 Å². The molecule has 0 spiro atoms. The molecule has 0 atom stereocenters. The Kier molecular flexibility index (Phi) is 4.33. The second kappa shape index (κ2) is 5.45. The lowest BCUT2D eigenvalue weighted by molar-refractivity contribution is -0.384. The molecule has 0 radical (unpaired) electrons. The van der Waals surface area contributed by atoms with Crippen molar-refractivity contribution in [3.8, 4) is 5.75 Å². The van der Waals surface area contributed by atoms with Gasteiger partial charge in [0.25, 0.3) is 5.69 Å². The lowest BCUT2D eigenvalue weighted by atomic mass is 10.1. The summed E-state index contributed by atoms with van der Waals surface area (Å²) in [6.07, 6.45) is 0.847. The zero-order valence-electron chi connectivity index (χ0n) is 11.4. The van der Waals surface area contributed by atoms with Gasteiger partial charge in [0, 0.05) is 6.92 Å². The lowest BCUT2D eigenvalue weighted by Crippen LogP contribution is -2.12. The molecule has 9 heteroatoms. The SMILES string of the molecule is CC(=O)Nc1cc(C)c(OS(C)(=O)=O)c(C)c1[N+](=O)[O-]. The first-order valence-electron chi connectivity index (χ1n) is 5.48. The average molecular weight is 302 g/mol. The average Bonchev–Trinajstić information content (AvgIpc) is 2.21. The van der Waals surface area contributed by atoms with Crippen molar-refractivity contribution in [1.82, 2.24) is 0 Å². The number of carbonyl (C=O) groups excluding carboxylic acids is 1. The minimum absolute atomic E-state index is 0.00153. The van der Waals surface area contributed by atoms with E-state index in [0.29, 0.717) is 5.56 Å². The van der Waals surface area contributed by atoms with Crippen LogP contribution >= 0.6 is 0 Å². The summed E-state index contributed by atoms with van der Waals surface area (Å²) >= 11 is 0. The molecule has 0 unspecified atom stereocenters. The largest absolute Gasteiger partial charge is 0.382 e. The van der Waals surface area contributed by atoms with E-state index in [1.807, 2.05) is 0 Å². The number of aryl methyl sites for hydroxylation is 1. The van der Waals surface area contributed by atoms with E-state index in [1.54, 1.807) is 0 Å². The highest BCUT2D eigenvalue weighted by atomic mass is 32.2. The number of rotatable bonds is 4. The number of hydrogen-bond donors (Lipinski definition) is 1. The van der Waals surface area contributed by atoms with Crippen molar-refractivity contribution in [3.63, 3.8) is 0 Å². The molecule has 0 aromatic heterocycles. The van der Waals surface area contributed by atoms with Crippen molar-refractivity contribution >= 4 is 27.4 Å². The van der Waals surface area contributed by atoms with Gasteiger partial charge in [0.2, 0.25) is 5.91 Å². The van der Waals surface area contributed by atoms with Gasteiger partial charge in [0.1, 0.15) is 5.69 Å². The zero-order chi connectivity index (χ0) is 15.7. The number of anilines is 1. The van der Waals surface area contributed by atoms with E-state index >= 15 is 0 Å². The van der Waals surface area contributed by atoms with Gasteiger partial charge in [0.15, 0.2) is 5.75 Å². The highest BCUT2D eigenvalue weighted by Gasteiger charge is 2.25. The quantitative estimate of drug-likeness (QED) is 0.512. The van der Waals surface area contributed by atoms with Gasteiger partial charge in [-0.3, -0.25) is 14.9 Å². The predicted octanol–water partition coefficient (Wildman–Crippen LogP) is 1.51. The molecule has 0 aliphatic rings. The number of hydrogen-bond acceptors (Lipinski definition) is 6. The van der Waals surface area contributed by atoms with Crippen molar-refractivity contribution in [1.29, 1.82) is 0 Å². The van der Waals surface area contributed by atoms with Crippen molar-refractivity contribution in [2.45, 2.75) is 20.8 Å². The molecule has 0 heterocycles. The van der Waals surface area contributed by atoms with Crippen LogP contribution in [-0.4, -0.2) is 25.5 Å². The second-order valence-electron chi connectivity index (χ2n) is 4.27. The van der Waals surface area contributed by atoms with E-state index in [0.717, 1.165) is 6.26 Å². The van der Waals surface area contributed by atoms with Gasteiger partial charge in [-0.1, -0.05) is 0 Å². The molecule has 1 rings (SSSR count). The number of nitrogens with zero attached hydrogens (tertiary/aromatic N) is 1. The predicted molar refractivity (Wildman–Crippen MR) is 72.3 cm³/mol. The van der Waals surface area contributed by atoms with Crippen molar-refractivity contribution in [3.05, 3.63) is 27.3 Å². The van der Waals surface area contributed by atoms with Crippen LogP contribution in [0, 0.1) is 24.0 Å². The summed E-state index contributed by atoms with van der Waals surface area (Å²) in [6, 6.07) is 1.30. The highest BCUT2D eigenvalue weighted by Crippen LogP contribution is 2.38. The lowest BCUT2D eigenvalue weighted by Gasteiger charge is -2.13. The number of carbonyl (C=O) groups is 1. The molecule has 1 aromatic rings. The van der Waals surface area contributed by atoms with Crippen LogP contribution in [0.5, 0.6) is 5.75 Å². The summed E-state index contributed by atoms with van der Waals surface area (Å²) in [4.78, 5) is 21.5. The Labute approximate surface area is 116 Å². The first-order valence-corrected chi connectivity index (χ1v) is 7.30. The fourth-order valence-corrected chi connectivity index (χ4v) is 2.31. The molecule has 0 saturated heterocycles. The standard InChI is InChI=1S/C11H14N2O6S/c1-6-5-9(12-8(3)14)10(13(15)16)7(2)11(6)19-20(4,17)18/h5H,1-4H3,(H,12,14). The molecular formula is C11H14N2O6S. The van der Waals surface area contributed by atoms with Gasteiger partial charge in [-0.15, -0.1) is 0 Å². The Morgan fingerprint density at radius 3 is 2.35 bits per heavy atom. The van der Waals surface area contributed by atoms with E-state index in [4.69, 9.17) is 4.18 Å². The monoisotopic (exact) mass is 302 g/mol. The molecule has 0 aliphatic heterocycles. The second-order valence-corrected chi connectivity index (χ2v) is 5.84. The van der Waals surface area contributed by atoms with Gasteiger partial charge < -0.3 is 9.50 Å². The molecule has 110 valence electrons. The Bertz CT molecular complexity index is 681. The van der Waals surface area contributed by atoms with Gasteiger partial charge in [0.05, 0.1) is 16.7 Å². The maximum absolute atomic E-state index is 11.2. The molecular weight excluding hydrogens is 288 g/mol. The molecule has 8 nitrogen and oxygen atoms in total. The van der Waals surface area contributed by atoms with Crippen molar-refractivity contribution in [2.75, 3.05) is 11.6 Å². The van der Waals surface area contributed by atoms with E-state index in [9.17, 15) is 23.3 Å². The van der Waals surface area contributed by atoms with E-state index in [1.165, 1.54) is 26.8 Å². The van der Waals surface area contributed by atoms with E-state index in [2.05, 4.69) is 5.32 Å². The van der Waals surface area contributed by atoms with Crippen LogP contribution in [0.1, 0.15) is 18.1 Å². The van der Waals surface area contributed by atoms with Gasteiger partial charge >= 0.3 is 10.1 Å². The summed E-state index contributed by atoms with van der Waals surface area (Å²) in [7, 11) is -3.81. The third-order valence-electron chi connectivity index (χ3n) is 2.40. The van der Waals surface area contributed by atoms with Crippen LogP contribution in [0.25, 0.3) is 0 Å². The zero-order valence-corrected chi connectivity index (χ0v) is 12.2. The fraction of sp³-hybridized carbons (Fsp3) is 0.364. The summed E-state index contributed by atoms with van der Waals surface area (Å²) in [5, 5.41) is 13.4. The smallest absolute Gasteiger partial charge is 0.306 e. The number of nitro benzene ring substituents is 1. The minimum Gasteiger partial charge on any atom is -0.382 e. The number of nitro groups is 1. The molecule has 1 amide bonds. The molecule has 0 fully saturated rings. The third-order valence-corrected chi connectivity index (χ3v) is 2.87. The van der Waals surface area contributed by atoms with Gasteiger partial charge in [-0.05, 0) is 25.5 Å². The van der Waals surface area contributed by atoms with Crippen LogP contribution in [0.3, 0.4) is 0 Å². The Hall–Kier alpha value is -2.16. The number of amides is 1. The van der Waals surface area contributed by atoms with Crippen molar-refractivity contribution < 1.29 is 22.3 Å².